The number of anilines is 1. The molecule has 0 saturated carbocycles. The molecule has 3 rings (SSSR count). The van der Waals surface area contributed by atoms with E-state index in [1.807, 2.05) is 18.2 Å². The van der Waals surface area contributed by atoms with Crippen LogP contribution in [0, 0.1) is 0 Å². The van der Waals surface area contributed by atoms with Crippen molar-refractivity contribution in [3.63, 3.8) is 0 Å². The van der Waals surface area contributed by atoms with Crippen LogP contribution in [0.5, 0.6) is 0 Å². The quantitative estimate of drug-likeness (QED) is 0.792. The van der Waals surface area contributed by atoms with Crippen molar-refractivity contribution < 1.29 is 0 Å². The van der Waals surface area contributed by atoms with Crippen LogP contribution < -0.4 is 4.90 Å². The summed E-state index contributed by atoms with van der Waals surface area (Å²) in [6.07, 6.45) is 0. The lowest BCUT2D eigenvalue weighted by Gasteiger charge is -2.32. The van der Waals surface area contributed by atoms with Gasteiger partial charge >= 0.3 is 0 Å². The Balaban J connectivity index is 1.97. The van der Waals surface area contributed by atoms with E-state index >= 15 is 0 Å². The summed E-state index contributed by atoms with van der Waals surface area (Å²) < 4.78 is 4.48. The molecule has 1 saturated heterocycles. The Hall–Kier alpha value is -0.840. The van der Waals surface area contributed by atoms with E-state index in [0.717, 1.165) is 36.7 Å². The van der Waals surface area contributed by atoms with E-state index in [9.17, 15) is 0 Å². The van der Waals surface area contributed by atoms with Gasteiger partial charge in [0.1, 0.15) is 5.00 Å². The van der Waals surface area contributed by atoms with Crippen LogP contribution in [0.3, 0.4) is 0 Å². The van der Waals surface area contributed by atoms with Gasteiger partial charge in [0, 0.05) is 36.6 Å². The molecule has 0 bridgehead atoms. The first-order chi connectivity index (χ1) is 8.24. The van der Waals surface area contributed by atoms with E-state index in [2.05, 4.69) is 21.2 Å². The molecular weight excluding hydrogens is 254 g/mol. The van der Waals surface area contributed by atoms with Crippen molar-refractivity contribution in [3.8, 4) is 0 Å². The molecule has 0 N–H and O–H groups in total. The Labute approximate surface area is 110 Å². The number of likely N-dealkylation sites (N-methyl/N-ethyl adjacent to an activating group) is 1. The molecule has 0 atom stereocenters. The largest absolute Gasteiger partial charge is 0.359 e. The highest BCUT2D eigenvalue weighted by Gasteiger charge is 2.18. The van der Waals surface area contributed by atoms with Crippen molar-refractivity contribution in [2.75, 3.05) is 38.1 Å². The van der Waals surface area contributed by atoms with Crippen LogP contribution in [-0.4, -0.2) is 42.5 Å². The summed E-state index contributed by atoms with van der Waals surface area (Å²) >= 11 is 7.64. The first-order valence-corrected chi connectivity index (χ1v) is 6.87. The third-order valence-electron chi connectivity index (χ3n) is 3.21. The fourth-order valence-corrected chi connectivity index (χ4v) is 3.21. The minimum Gasteiger partial charge on any atom is -0.359 e. The fourth-order valence-electron chi connectivity index (χ4n) is 2.14. The number of rotatable bonds is 1. The molecule has 1 fully saturated rings. The highest BCUT2D eigenvalue weighted by atomic mass is 35.5. The van der Waals surface area contributed by atoms with E-state index in [-0.39, 0.29) is 0 Å². The number of fused-ring (bicyclic) bond motifs is 1. The summed E-state index contributed by atoms with van der Waals surface area (Å²) in [7, 11) is 2.17. The molecule has 0 spiro atoms. The zero-order valence-electron chi connectivity index (χ0n) is 9.69. The van der Waals surface area contributed by atoms with Crippen molar-refractivity contribution in [2.45, 2.75) is 0 Å². The maximum atomic E-state index is 6.06. The first-order valence-electron chi connectivity index (χ1n) is 5.72. The van der Waals surface area contributed by atoms with Crippen LogP contribution in [0.25, 0.3) is 10.9 Å². The molecule has 1 aliphatic heterocycles. The van der Waals surface area contributed by atoms with Crippen LogP contribution >= 0.6 is 23.1 Å². The Kier molecular flexibility index (Phi) is 2.94. The highest BCUT2D eigenvalue weighted by molar-refractivity contribution is 7.11. The average Bonchev–Trinajstić information content (AvgIpc) is 2.73. The summed E-state index contributed by atoms with van der Waals surface area (Å²) in [4.78, 5) is 4.77. The minimum atomic E-state index is 0.785. The van der Waals surface area contributed by atoms with Gasteiger partial charge in [0.15, 0.2) is 0 Å². The monoisotopic (exact) mass is 267 g/mol. The second-order valence-corrected chi connectivity index (χ2v) is 5.63. The number of hydrogen-bond acceptors (Lipinski definition) is 4. The van der Waals surface area contributed by atoms with Gasteiger partial charge in [0.25, 0.3) is 0 Å². The number of benzene rings is 1. The maximum absolute atomic E-state index is 6.06. The Morgan fingerprint density at radius 2 is 2.00 bits per heavy atom. The van der Waals surface area contributed by atoms with Crippen molar-refractivity contribution >= 4 is 39.0 Å². The minimum absolute atomic E-state index is 0.785. The Bertz CT molecular complexity index is 532. The van der Waals surface area contributed by atoms with Gasteiger partial charge in [-0.2, -0.15) is 4.37 Å². The normalized spacial score (nSPS) is 17.9. The predicted octanol–water partition coefficient (Wildman–Crippen LogP) is 2.70. The molecule has 3 nitrogen and oxygen atoms in total. The Morgan fingerprint density at radius 3 is 2.76 bits per heavy atom. The predicted molar refractivity (Wildman–Crippen MR) is 74.3 cm³/mol. The van der Waals surface area contributed by atoms with Gasteiger partial charge in [-0.25, -0.2) is 0 Å². The molecule has 90 valence electrons. The molecule has 2 aromatic rings. The zero-order valence-corrected chi connectivity index (χ0v) is 11.3. The van der Waals surface area contributed by atoms with Gasteiger partial charge in [-0.05, 0) is 36.8 Å². The van der Waals surface area contributed by atoms with E-state index in [1.54, 1.807) is 11.5 Å². The molecule has 1 aromatic carbocycles. The molecule has 0 aliphatic carbocycles. The summed E-state index contributed by atoms with van der Waals surface area (Å²) in [5.74, 6) is 0. The van der Waals surface area contributed by atoms with Crippen molar-refractivity contribution in [1.82, 2.24) is 9.27 Å². The molecule has 0 unspecified atom stereocenters. The van der Waals surface area contributed by atoms with Crippen LogP contribution in [0.1, 0.15) is 0 Å². The number of halogens is 1. The molecule has 17 heavy (non-hydrogen) atoms. The summed E-state index contributed by atoms with van der Waals surface area (Å²) in [6, 6.07) is 5.92. The summed E-state index contributed by atoms with van der Waals surface area (Å²) in [5.41, 5.74) is 1.05. The van der Waals surface area contributed by atoms with E-state index in [1.165, 1.54) is 10.4 Å². The highest BCUT2D eigenvalue weighted by Crippen LogP contribution is 2.33. The fraction of sp³-hybridized carbons (Fsp3) is 0.417. The van der Waals surface area contributed by atoms with E-state index in [0.29, 0.717) is 0 Å². The van der Waals surface area contributed by atoms with Crippen LogP contribution in [0.2, 0.25) is 5.02 Å². The molecule has 0 radical (unpaired) electrons. The number of nitrogens with zero attached hydrogens (tertiary/aromatic N) is 3. The lowest BCUT2D eigenvalue weighted by molar-refractivity contribution is 0.313. The van der Waals surface area contributed by atoms with Crippen molar-refractivity contribution in [2.24, 2.45) is 0 Å². The third kappa shape index (κ3) is 2.12. The van der Waals surface area contributed by atoms with Gasteiger partial charge in [-0.15, -0.1) is 0 Å². The third-order valence-corrected chi connectivity index (χ3v) is 4.38. The molecule has 2 heterocycles. The van der Waals surface area contributed by atoms with E-state index < -0.39 is 0 Å². The molecule has 0 amide bonds. The van der Waals surface area contributed by atoms with E-state index in [4.69, 9.17) is 11.6 Å². The molecule has 1 aliphatic rings. The van der Waals surface area contributed by atoms with Gasteiger partial charge in [-0.3, -0.25) is 0 Å². The summed E-state index contributed by atoms with van der Waals surface area (Å²) in [5, 5.41) is 3.23. The lowest BCUT2D eigenvalue weighted by atomic mass is 10.2. The van der Waals surface area contributed by atoms with Crippen LogP contribution in [0.4, 0.5) is 5.00 Å². The number of aromatic nitrogens is 1. The summed E-state index contributed by atoms with van der Waals surface area (Å²) in [6.45, 7) is 4.36. The average molecular weight is 268 g/mol. The lowest BCUT2D eigenvalue weighted by Crippen LogP contribution is -2.44. The SMILES string of the molecule is CN1CCN(c2snc3ccc(Cl)cc23)CC1. The van der Waals surface area contributed by atoms with Crippen molar-refractivity contribution in [3.05, 3.63) is 23.2 Å². The first kappa shape index (κ1) is 11.3. The molecule has 1 aromatic heterocycles. The molecule has 5 heteroatoms. The smallest absolute Gasteiger partial charge is 0.120 e. The second-order valence-electron chi connectivity index (χ2n) is 4.44. The standard InChI is InChI=1S/C12H14ClN3S/c1-15-4-6-16(7-5-15)12-10-8-9(13)2-3-11(10)14-17-12/h2-3,8H,4-7H2,1H3. The van der Waals surface area contributed by atoms with Gasteiger partial charge < -0.3 is 9.80 Å². The maximum Gasteiger partial charge on any atom is 0.120 e. The topological polar surface area (TPSA) is 19.4 Å². The molecular formula is C12H14ClN3S. The zero-order chi connectivity index (χ0) is 11.8. The number of hydrogen-bond donors (Lipinski definition) is 0. The van der Waals surface area contributed by atoms with Gasteiger partial charge in [0.05, 0.1) is 5.52 Å². The van der Waals surface area contributed by atoms with Crippen LogP contribution in [-0.2, 0) is 0 Å². The van der Waals surface area contributed by atoms with Crippen molar-refractivity contribution in [1.29, 1.82) is 0 Å². The van der Waals surface area contributed by atoms with Gasteiger partial charge in [-0.1, -0.05) is 11.6 Å². The number of piperazine rings is 1. The van der Waals surface area contributed by atoms with Gasteiger partial charge in [0.2, 0.25) is 0 Å². The Morgan fingerprint density at radius 1 is 1.24 bits per heavy atom. The van der Waals surface area contributed by atoms with Crippen LogP contribution in [0.15, 0.2) is 18.2 Å². The second kappa shape index (κ2) is 4.44.